The summed E-state index contributed by atoms with van der Waals surface area (Å²) >= 11 is 41.3. The molecule has 3 heterocycles. The maximum atomic E-state index is 15.8. The number of anilines is 2. The molecule has 3 unspecified atom stereocenters. The molecule has 35 heteroatoms. The number of aliphatic carboxylic acids is 2. The Morgan fingerprint density at radius 1 is 0.488 bits per heavy atom. The van der Waals surface area contributed by atoms with E-state index < -0.39 is 140 Å². The van der Waals surface area contributed by atoms with Crippen molar-refractivity contribution in [2.24, 2.45) is 16.2 Å². The Kier molecular flexibility index (Phi) is 36.9. The molecule has 3 aliphatic heterocycles. The average molecular weight is 2240 g/mol. The van der Waals surface area contributed by atoms with Crippen LogP contribution >= 0.6 is 131 Å². The van der Waals surface area contributed by atoms with Crippen LogP contribution in [-0.4, -0.2) is 103 Å². The normalized spacial score (nSPS) is 22.1. The summed E-state index contributed by atoms with van der Waals surface area (Å²) < 4.78 is 107. The van der Waals surface area contributed by atoms with E-state index in [2.05, 4.69) is 81.4 Å². The number of aromatic carboxylic acids is 1. The number of nitrogens with one attached hydrogen (secondary N) is 4. The Morgan fingerprint density at radius 3 is 1.09 bits per heavy atom. The Balaban J connectivity index is 0.000000259. The minimum absolute atomic E-state index is 0. The van der Waals surface area contributed by atoms with Crippen LogP contribution in [0.25, 0.3) is 0 Å². The maximum absolute atomic E-state index is 15.8. The van der Waals surface area contributed by atoms with E-state index in [-0.39, 0.29) is 115 Å². The number of nitrogens with two attached hydrogens (primary N) is 1. The van der Waals surface area contributed by atoms with Gasteiger partial charge < -0.3 is 45.9 Å². The van der Waals surface area contributed by atoms with Gasteiger partial charge >= 0.3 is 74.4 Å². The van der Waals surface area contributed by atoms with Gasteiger partial charge in [0, 0.05) is 67.6 Å². The summed E-state index contributed by atoms with van der Waals surface area (Å²) in [5.74, 6) is -12.8. The first-order chi connectivity index (χ1) is 56.2. The molecule has 19 nitrogen and oxygen atoms in total. The molecule has 8 aromatic rings. The summed E-state index contributed by atoms with van der Waals surface area (Å²) in [5.41, 5.74) is -0.00723. The van der Waals surface area contributed by atoms with Crippen LogP contribution in [0.5, 0.6) is 11.5 Å². The number of carbonyl (C=O) groups excluding carboxylic acids is 2. The second-order valence-corrected chi connectivity index (χ2v) is 50.7. The predicted octanol–water partition coefficient (Wildman–Crippen LogP) is 18.8. The van der Waals surface area contributed by atoms with Crippen molar-refractivity contribution in [3.8, 4) is 29.7 Å². The molecular formula is C86H85Cl6F6I4N8O11-. The third kappa shape index (κ3) is 23.4. The van der Waals surface area contributed by atoms with Crippen LogP contribution in [0.3, 0.4) is 0 Å². The Morgan fingerprint density at radius 2 is 0.802 bits per heavy atom. The van der Waals surface area contributed by atoms with Crippen molar-refractivity contribution in [2.75, 3.05) is 32.4 Å². The summed E-state index contributed by atoms with van der Waals surface area (Å²) in [6, 6.07) is 33.4. The molecule has 648 valence electrons. The first kappa shape index (κ1) is 103. The van der Waals surface area contributed by atoms with Crippen molar-refractivity contribution in [3.05, 3.63) is 255 Å². The van der Waals surface area contributed by atoms with E-state index in [0.29, 0.717) is 49.5 Å². The van der Waals surface area contributed by atoms with Gasteiger partial charge in [0.25, 0.3) is 0 Å². The fraction of sp³-hybridized carbons (Fsp3) is 0.349. The van der Waals surface area contributed by atoms with Crippen LogP contribution in [0.1, 0.15) is 153 Å². The molecule has 0 spiro atoms. The number of benzene rings is 8. The average Bonchev–Trinajstić information content (AvgIpc) is 1.58. The summed E-state index contributed by atoms with van der Waals surface area (Å²) in [6.45, 7) is 17.4. The molecule has 8 aromatic carbocycles. The van der Waals surface area contributed by atoms with Crippen LogP contribution in [0.15, 0.2) is 146 Å². The number of nitrogens with zero attached hydrogens (tertiary/aromatic N) is 3. The molecule has 9 N–H and O–H groups in total. The van der Waals surface area contributed by atoms with E-state index in [0.717, 1.165) is 18.2 Å². The number of hydrogen-bond acceptors (Lipinski definition) is 15. The van der Waals surface area contributed by atoms with Gasteiger partial charge in [-0.05, 0) is 143 Å². The number of halogens is 16. The van der Waals surface area contributed by atoms with Crippen LogP contribution in [0.4, 0.5) is 37.7 Å². The van der Waals surface area contributed by atoms with Gasteiger partial charge in [-0.1, -0.05) is 187 Å². The van der Waals surface area contributed by atoms with E-state index in [9.17, 15) is 55.1 Å². The molecule has 3 aliphatic rings. The minimum atomic E-state index is -1.78. The van der Waals surface area contributed by atoms with Crippen LogP contribution in [-0.2, 0) is 35.4 Å². The molecule has 0 saturated carbocycles. The van der Waals surface area contributed by atoms with Gasteiger partial charge in [-0.2, -0.15) is 15.8 Å². The van der Waals surface area contributed by atoms with E-state index in [1.165, 1.54) is 131 Å². The number of rotatable bonds is 17. The van der Waals surface area contributed by atoms with Crippen LogP contribution < -0.4 is 49.7 Å². The molecule has 0 aliphatic carbocycles. The van der Waals surface area contributed by atoms with Crippen molar-refractivity contribution in [1.29, 1.82) is 15.8 Å². The van der Waals surface area contributed by atoms with Gasteiger partial charge in [-0.15, -0.1) is 24.0 Å². The molecule has 0 aromatic heterocycles. The summed E-state index contributed by atoms with van der Waals surface area (Å²) in [6.07, 6.45) is 0.984. The fourth-order valence-corrected chi connectivity index (χ4v) is 16.8. The van der Waals surface area contributed by atoms with E-state index >= 15 is 26.3 Å². The number of nitrogen functional groups attached to an aromatic ring is 1. The number of hydrogen-bond donors (Lipinski definition) is 8. The zero-order valence-electron chi connectivity index (χ0n) is 66.8. The number of ether oxygens (including phenoxy) is 3. The molecule has 12 atom stereocenters. The first-order valence-corrected chi connectivity index (χ1v) is 51.3. The fourth-order valence-electron chi connectivity index (χ4n) is 15.7. The molecule has 0 radical (unpaired) electrons. The number of carboxylic acids is 3. The van der Waals surface area contributed by atoms with E-state index in [4.69, 9.17) is 84.8 Å². The van der Waals surface area contributed by atoms with Crippen molar-refractivity contribution < 1.29 is 93.1 Å². The van der Waals surface area contributed by atoms with Crippen molar-refractivity contribution in [2.45, 2.75) is 152 Å². The van der Waals surface area contributed by atoms with Gasteiger partial charge in [0.2, 0.25) is 5.91 Å². The van der Waals surface area contributed by atoms with Gasteiger partial charge in [0.1, 0.15) is 74.7 Å². The second kappa shape index (κ2) is 43.3. The zero-order valence-corrected chi connectivity index (χ0v) is 80.1. The molecule has 121 heavy (non-hydrogen) atoms. The van der Waals surface area contributed by atoms with E-state index in [1.807, 2.05) is 62.3 Å². The quantitative estimate of drug-likeness (QED) is 0.0182. The molecule has 3 saturated heterocycles. The van der Waals surface area contributed by atoms with Gasteiger partial charge in [0.15, 0.2) is 0 Å². The topological polar surface area (TPSA) is 319 Å². The van der Waals surface area contributed by atoms with Crippen LogP contribution in [0.2, 0.25) is 30.1 Å². The van der Waals surface area contributed by atoms with Crippen molar-refractivity contribution in [1.82, 2.24) is 16.0 Å². The monoisotopic (exact) mass is 2240 g/mol. The third-order valence-corrected chi connectivity index (χ3v) is 22.1. The SMILES string of the molecule is CC(C)(C)C[C@@H]1NC(C(=O)O)[C@H](c2cccc(Cl)c2F)[C@@]1(C#N)c1ccc(Cl)cc1F.CC(C)(C)C[C@@H]1NC(C(=O)O)[C@H](c2cccc(Cl)c2F)[C@@]1(C#N)c1ccc(Cl)cc1F.COC(=O)c1ccc(N)c(OC)c1.COc1cc(C(=O)O)ccc1NC(=O)C1N[C@@H](CC(C)(C)C)[C@](C#N)(c2ccc(Cl)cc2F)[C@H]1c1cccc(Cl)c1F.I.I[I-]I. The Labute approximate surface area is 774 Å². The predicted molar refractivity (Wildman–Crippen MR) is 479 cm³/mol. The summed E-state index contributed by atoms with van der Waals surface area (Å²) in [4.78, 5) is 61.0. The first-order valence-electron chi connectivity index (χ1n) is 36.4. The number of methoxy groups -OCH3 is 3. The third-order valence-electron chi connectivity index (χ3n) is 20.5. The second-order valence-electron chi connectivity index (χ2n) is 32.0. The number of esters is 1. The van der Waals surface area contributed by atoms with E-state index in [1.54, 1.807) is 18.2 Å². The van der Waals surface area contributed by atoms with Crippen molar-refractivity contribution >= 4 is 172 Å². The van der Waals surface area contributed by atoms with Crippen molar-refractivity contribution in [3.63, 3.8) is 0 Å². The number of carboxylic acid groups (broad SMARTS) is 3. The molecule has 1 amide bonds. The summed E-state index contributed by atoms with van der Waals surface area (Å²) in [7, 11) is 4.13. The van der Waals surface area contributed by atoms with Gasteiger partial charge in [-0.3, -0.25) is 25.0 Å². The van der Waals surface area contributed by atoms with Crippen LogP contribution in [0, 0.1) is 85.1 Å². The molecular weight excluding hydrogens is 2160 g/mol. The Hall–Kier alpha value is -6.90. The Bertz CT molecular complexity index is 5120. The number of amides is 1. The number of nitriles is 3. The molecule has 0 bridgehead atoms. The molecule has 11 rings (SSSR count). The summed E-state index contributed by atoms with van der Waals surface area (Å²) in [5, 5.41) is 72.9. The number of carbonyl (C=O) groups is 5. The standard InChI is InChI=1S/C31H29Cl2F2N3O4.2C23H22Cl2F2N2O2.C9H11NO3.I3.HI/c1-30(2,3)14-24-31(15-36,19-10-9-17(32)13-21(19)34)25(18-6-5-7-20(33)26(18)35)27(38-24)28(39)37-22-11-8-16(29(40)41)12-23(22)42-4;2*1-22(2,3)10-17-23(11-28,14-8-7-12(24)9-16(14)26)18(20(29-17)21(30)31)13-5-4-6-15(25)19(13)27;1-12-8-5-6(9(11)13-2)3-4-7(8)10;1-3-2;/h5-13,24-25,27,38H,14H2,1-4H3,(H,37,39)(H,40,41);2*4-9,17-18,20,29H,10H2,1-3H3,(H,30,31);3-5H,10H2,1-2H3;;1H/q;;;;-1;/t24-,25-,27?,31-;2*17-,18-,20?,23-;;;/m000.../s1. The zero-order chi connectivity index (χ0) is 89.8. The van der Waals surface area contributed by atoms with Gasteiger partial charge in [0.05, 0.1) is 83.1 Å². The molecule has 3 fully saturated rings. The van der Waals surface area contributed by atoms with Gasteiger partial charge in [-0.25, -0.2) is 35.9 Å².